The van der Waals surface area contributed by atoms with Crippen molar-refractivity contribution in [2.45, 2.75) is 70.9 Å². The molecule has 1 aromatic carbocycles. The number of likely N-dealkylation sites (tertiary alicyclic amines) is 1. The molecule has 0 bridgehead atoms. The monoisotopic (exact) mass is 502 g/mol. The van der Waals surface area contributed by atoms with Gasteiger partial charge in [0, 0.05) is 39.3 Å². The average Bonchev–Trinajstić information content (AvgIpc) is 2.85. The first kappa shape index (κ1) is 27.9. The Balaban J connectivity index is 1.66. The van der Waals surface area contributed by atoms with Crippen LogP contribution < -0.4 is 5.43 Å². The molecule has 2 heterocycles. The fourth-order valence-electron chi connectivity index (χ4n) is 5.01. The van der Waals surface area contributed by atoms with Crippen LogP contribution in [0.1, 0.15) is 59.4 Å². The SMILES string of the molecule is CCOC(=O)C(CC)N1CCN(NC(=O)C2(c3ccccc3)CCN(C(=O)OC(C)(C)C)CC2)CC1. The molecule has 1 N–H and O–H groups in total. The van der Waals surface area contributed by atoms with E-state index in [0.29, 0.717) is 65.1 Å². The molecule has 36 heavy (non-hydrogen) atoms. The van der Waals surface area contributed by atoms with Gasteiger partial charge in [0.1, 0.15) is 11.6 Å². The van der Waals surface area contributed by atoms with E-state index in [-0.39, 0.29) is 24.0 Å². The van der Waals surface area contributed by atoms with Crippen LogP contribution in [0.2, 0.25) is 0 Å². The van der Waals surface area contributed by atoms with Crippen molar-refractivity contribution in [1.29, 1.82) is 0 Å². The molecule has 2 aliphatic heterocycles. The van der Waals surface area contributed by atoms with Crippen LogP contribution in [0.4, 0.5) is 4.79 Å². The minimum Gasteiger partial charge on any atom is -0.465 e. The van der Waals surface area contributed by atoms with Crippen molar-refractivity contribution in [2.75, 3.05) is 45.9 Å². The number of piperidine rings is 1. The van der Waals surface area contributed by atoms with E-state index in [9.17, 15) is 14.4 Å². The molecule has 2 fully saturated rings. The lowest BCUT2D eigenvalue weighted by molar-refractivity contribution is -0.151. The highest BCUT2D eigenvalue weighted by Gasteiger charge is 2.45. The van der Waals surface area contributed by atoms with Gasteiger partial charge in [-0.1, -0.05) is 37.3 Å². The van der Waals surface area contributed by atoms with Crippen LogP contribution in [0, 0.1) is 0 Å². The third kappa shape index (κ3) is 6.76. The minimum atomic E-state index is -0.728. The van der Waals surface area contributed by atoms with Crippen molar-refractivity contribution in [1.82, 2.24) is 20.2 Å². The van der Waals surface area contributed by atoms with Crippen LogP contribution in [0.5, 0.6) is 0 Å². The number of hydrazine groups is 1. The molecule has 0 saturated carbocycles. The van der Waals surface area contributed by atoms with E-state index >= 15 is 0 Å². The number of carbonyl (C=O) groups is 3. The van der Waals surface area contributed by atoms with Crippen LogP contribution in [-0.2, 0) is 24.5 Å². The van der Waals surface area contributed by atoms with Crippen LogP contribution in [0.15, 0.2) is 30.3 Å². The Labute approximate surface area is 215 Å². The number of hydrogen-bond donors (Lipinski definition) is 1. The summed E-state index contributed by atoms with van der Waals surface area (Å²) >= 11 is 0. The first-order chi connectivity index (χ1) is 17.1. The maximum atomic E-state index is 13.8. The van der Waals surface area contributed by atoms with E-state index in [0.717, 1.165) is 5.56 Å². The number of piperazine rings is 1. The number of esters is 1. The third-order valence-electron chi connectivity index (χ3n) is 6.99. The van der Waals surface area contributed by atoms with Gasteiger partial charge in [0.05, 0.1) is 12.0 Å². The Kier molecular flexibility index (Phi) is 9.35. The molecule has 1 atom stereocenters. The predicted molar refractivity (Wildman–Crippen MR) is 137 cm³/mol. The summed E-state index contributed by atoms with van der Waals surface area (Å²) < 4.78 is 10.8. The first-order valence-corrected chi connectivity index (χ1v) is 13.1. The third-order valence-corrected chi connectivity index (χ3v) is 6.99. The van der Waals surface area contributed by atoms with Gasteiger partial charge < -0.3 is 14.4 Å². The second-order valence-electron chi connectivity index (χ2n) is 10.6. The number of benzene rings is 1. The number of hydrogen-bond acceptors (Lipinski definition) is 7. The predicted octanol–water partition coefficient (Wildman–Crippen LogP) is 2.95. The summed E-state index contributed by atoms with van der Waals surface area (Å²) in [6.45, 7) is 13.2. The Morgan fingerprint density at radius 2 is 1.58 bits per heavy atom. The standard InChI is InChI=1S/C27H42N4O5/c1-6-22(23(32)35-7-2)29-17-19-31(20-18-29)28-24(33)27(21-11-9-8-10-12-21)13-15-30(16-14-27)25(34)36-26(3,4)5/h8-12,22H,6-7,13-20H2,1-5H3,(H,28,33). The van der Waals surface area contributed by atoms with E-state index in [1.165, 1.54) is 0 Å². The van der Waals surface area contributed by atoms with Gasteiger partial charge >= 0.3 is 12.1 Å². The fourth-order valence-corrected chi connectivity index (χ4v) is 5.01. The largest absolute Gasteiger partial charge is 0.465 e. The summed E-state index contributed by atoms with van der Waals surface area (Å²) in [4.78, 5) is 42.5. The van der Waals surface area contributed by atoms with Crippen molar-refractivity contribution >= 4 is 18.0 Å². The van der Waals surface area contributed by atoms with E-state index in [1.54, 1.807) is 4.90 Å². The molecular weight excluding hydrogens is 460 g/mol. The van der Waals surface area contributed by atoms with E-state index in [4.69, 9.17) is 9.47 Å². The van der Waals surface area contributed by atoms with Gasteiger partial charge in [-0.3, -0.25) is 19.9 Å². The Morgan fingerprint density at radius 3 is 2.11 bits per heavy atom. The van der Waals surface area contributed by atoms with Crippen LogP contribution in [-0.4, -0.2) is 90.3 Å². The molecule has 1 unspecified atom stereocenters. The number of carbonyl (C=O) groups excluding carboxylic acids is 3. The Morgan fingerprint density at radius 1 is 0.972 bits per heavy atom. The molecule has 2 aliphatic rings. The number of amides is 2. The summed E-state index contributed by atoms with van der Waals surface area (Å²) in [7, 11) is 0. The summed E-state index contributed by atoms with van der Waals surface area (Å²) in [6, 6.07) is 9.57. The summed E-state index contributed by atoms with van der Waals surface area (Å²) in [5.41, 5.74) is 2.83. The normalized spacial score (nSPS) is 19.9. The highest BCUT2D eigenvalue weighted by molar-refractivity contribution is 5.88. The van der Waals surface area contributed by atoms with E-state index in [1.807, 2.05) is 70.0 Å². The van der Waals surface area contributed by atoms with Gasteiger partial charge in [0.25, 0.3) is 0 Å². The zero-order chi connectivity index (χ0) is 26.3. The maximum absolute atomic E-state index is 13.8. The molecule has 200 valence electrons. The number of nitrogens with one attached hydrogen (secondary N) is 1. The highest BCUT2D eigenvalue weighted by Crippen LogP contribution is 2.36. The number of ether oxygens (including phenoxy) is 2. The molecule has 1 aromatic rings. The van der Waals surface area contributed by atoms with Gasteiger partial charge in [-0.25, -0.2) is 9.80 Å². The first-order valence-electron chi connectivity index (χ1n) is 13.1. The molecule has 3 rings (SSSR count). The smallest absolute Gasteiger partial charge is 0.410 e. The highest BCUT2D eigenvalue weighted by atomic mass is 16.6. The van der Waals surface area contributed by atoms with Gasteiger partial charge in [-0.05, 0) is 52.5 Å². The summed E-state index contributed by atoms with van der Waals surface area (Å²) in [6.07, 6.45) is 1.38. The average molecular weight is 503 g/mol. The van der Waals surface area contributed by atoms with Crippen LogP contribution >= 0.6 is 0 Å². The van der Waals surface area contributed by atoms with Crippen LogP contribution in [0.3, 0.4) is 0 Å². The molecule has 0 spiro atoms. The van der Waals surface area contributed by atoms with Crippen LogP contribution in [0.25, 0.3) is 0 Å². The van der Waals surface area contributed by atoms with E-state index in [2.05, 4.69) is 10.3 Å². The fraction of sp³-hybridized carbons (Fsp3) is 0.667. The zero-order valence-corrected chi connectivity index (χ0v) is 22.4. The quantitative estimate of drug-likeness (QED) is 0.573. The Bertz CT molecular complexity index is 885. The lowest BCUT2D eigenvalue weighted by Crippen LogP contribution is -2.61. The molecular formula is C27H42N4O5. The number of nitrogens with zero attached hydrogens (tertiary/aromatic N) is 3. The summed E-state index contributed by atoms with van der Waals surface area (Å²) in [5, 5.41) is 1.95. The second-order valence-corrected chi connectivity index (χ2v) is 10.6. The number of rotatable bonds is 7. The molecule has 2 amide bonds. The van der Waals surface area contributed by atoms with Gasteiger partial charge in [-0.15, -0.1) is 0 Å². The molecule has 0 aromatic heterocycles. The minimum absolute atomic E-state index is 0.0524. The summed E-state index contributed by atoms with van der Waals surface area (Å²) in [5.74, 6) is -0.235. The molecule has 0 radical (unpaired) electrons. The topological polar surface area (TPSA) is 91.4 Å². The zero-order valence-electron chi connectivity index (χ0n) is 22.4. The van der Waals surface area contributed by atoms with Crippen molar-refractivity contribution in [3.05, 3.63) is 35.9 Å². The van der Waals surface area contributed by atoms with Gasteiger partial charge in [-0.2, -0.15) is 0 Å². The Hall–Kier alpha value is -2.65. The van der Waals surface area contributed by atoms with Crippen molar-refractivity contribution < 1.29 is 23.9 Å². The van der Waals surface area contributed by atoms with Crippen molar-refractivity contribution in [3.63, 3.8) is 0 Å². The molecule has 0 aliphatic carbocycles. The molecule has 2 saturated heterocycles. The maximum Gasteiger partial charge on any atom is 0.410 e. The molecule has 9 heteroatoms. The lowest BCUT2D eigenvalue weighted by Gasteiger charge is -2.43. The van der Waals surface area contributed by atoms with Gasteiger partial charge in [0.2, 0.25) is 5.91 Å². The second kappa shape index (κ2) is 12.1. The lowest BCUT2D eigenvalue weighted by atomic mass is 9.72. The van der Waals surface area contributed by atoms with E-state index < -0.39 is 11.0 Å². The van der Waals surface area contributed by atoms with Gasteiger partial charge in [0.15, 0.2) is 0 Å². The van der Waals surface area contributed by atoms with Crippen molar-refractivity contribution in [3.8, 4) is 0 Å². The van der Waals surface area contributed by atoms with Crippen molar-refractivity contribution in [2.24, 2.45) is 0 Å². The molecule has 9 nitrogen and oxygen atoms in total.